The summed E-state index contributed by atoms with van der Waals surface area (Å²) in [6, 6.07) is 10.2. The number of thiazole rings is 2. The molecule has 2 aromatic carbocycles. The maximum atomic E-state index is 14.1. The molecule has 0 saturated carbocycles. The number of aliphatic hydroxyl groups excluding tert-OH is 1. The van der Waals surface area contributed by atoms with E-state index in [0.29, 0.717) is 38.6 Å². The molecule has 1 N–H and O–H groups in total. The van der Waals surface area contributed by atoms with Crippen LogP contribution >= 0.6 is 34.3 Å². The summed E-state index contributed by atoms with van der Waals surface area (Å²) in [5.41, 5.74) is 0.585. The Morgan fingerprint density at radius 2 is 1.90 bits per heavy atom. The van der Waals surface area contributed by atoms with Crippen LogP contribution in [0.15, 0.2) is 57.9 Å². The topological polar surface area (TPSA) is 102 Å². The van der Waals surface area contributed by atoms with Crippen molar-refractivity contribution in [1.82, 2.24) is 14.0 Å². The number of hydrogen-bond donors (Lipinski definition) is 1. The third-order valence-electron chi connectivity index (χ3n) is 7.35. The van der Waals surface area contributed by atoms with Gasteiger partial charge in [-0.2, -0.15) is 0 Å². The SMILES string of the molecule is C/N=c1\sc([N+]2(C(=O)CCS(=O)(=O)c3ccc4cc(Cl)ccc4c3)CCCCC2)c(C(O)c2nccs2)n1C. The van der Waals surface area contributed by atoms with E-state index in [0.717, 1.165) is 30.0 Å². The smallest absolute Gasteiger partial charge is 0.320 e. The van der Waals surface area contributed by atoms with Crippen molar-refractivity contribution in [3.63, 3.8) is 0 Å². The first-order valence-electron chi connectivity index (χ1n) is 12.7. The van der Waals surface area contributed by atoms with Crippen LogP contribution in [0.1, 0.15) is 42.5 Å². The monoisotopic (exact) mass is 605 g/mol. The van der Waals surface area contributed by atoms with Gasteiger partial charge in [0.15, 0.2) is 20.7 Å². The molecule has 8 nitrogen and oxygen atoms in total. The fraction of sp³-hybridized carbons (Fsp3) is 0.370. The number of aliphatic hydroxyl groups is 1. The highest BCUT2D eigenvalue weighted by molar-refractivity contribution is 7.91. The second-order valence-corrected chi connectivity index (χ2v) is 14.1. The average Bonchev–Trinajstić information content (AvgIpc) is 3.60. The first kappa shape index (κ1) is 28.1. The Hall–Kier alpha value is -2.41. The number of likely N-dealkylation sites (tertiary alicyclic amines) is 1. The molecule has 0 bridgehead atoms. The summed E-state index contributed by atoms with van der Waals surface area (Å²) in [6.45, 7) is 1.10. The van der Waals surface area contributed by atoms with Crippen molar-refractivity contribution < 1.29 is 18.3 Å². The number of fused-ring (bicyclic) bond motifs is 1. The van der Waals surface area contributed by atoms with Gasteiger partial charge in [-0.05, 0) is 65.6 Å². The second kappa shape index (κ2) is 11.2. The van der Waals surface area contributed by atoms with Crippen LogP contribution < -0.4 is 9.28 Å². The van der Waals surface area contributed by atoms with Gasteiger partial charge in [0.1, 0.15) is 10.7 Å². The number of carbonyl (C=O) groups is 1. The zero-order valence-corrected chi connectivity index (χ0v) is 24.9. The standard InChI is InChI=1S/C27H30ClN4O4S3/c1-29-27-31(2)23(24(34)25-30-11-14-37-25)26(38-27)32(12-4-3-5-13-32)22(33)10-15-39(35,36)21-9-7-18-16-20(28)8-6-19(18)17-21/h6-9,11,14,16-17,24,34H,3-5,10,12-13,15H2,1-2H3/q+1/b29-27-. The molecule has 4 aromatic rings. The highest BCUT2D eigenvalue weighted by Crippen LogP contribution is 2.40. The van der Waals surface area contributed by atoms with Gasteiger partial charge in [0.05, 0.1) is 30.2 Å². The molecule has 0 aliphatic carbocycles. The average molecular weight is 606 g/mol. The van der Waals surface area contributed by atoms with Crippen molar-refractivity contribution in [2.24, 2.45) is 12.0 Å². The van der Waals surface area contributed by atoms with Crippen molar-refractivity contribution in [2.45, 2.75) is 36.7 Å². The summed E-state index contributed by atoms with van der Waals surface area (Å²) < 4.78 is 28.6. The molecule has 1 amide bonds. The minimum Gasteiger partial charge on any atom is -0.379 e. The van der Waals surface area contributed by atoms with E-state index in [4.69, 9.17) is 11.6 Å². The van der Waals surface area contributed by atoms with E-state index in [2.05, 4.69) is 9.98 Å². The van der Waals surface area contributed by atoms with E-state index in [-0.39, 0.29) is 27.5 Å². The van der Waals surface area contributed by atoms with Crippen molar-refractivity contribution in [2.75, 3.05) is 25.9 Å². The minimum atomic E-state index is -3.72. The Morgan fingerprint density at radius 3 is 2.59 bits per heavy atom. The summed E-state index contributed by atoms with van der Waals surface area (Å²) in [6.07, 6.45) is 3.16. The van der Waals surface area contributed by atoms with Crippen molar-refractivity contribution >= 4 is 65.8 Å². The van der Waals surface area contributed by atoms with E-state index < -0.39 is 15.9 Å². The van der Waals surface area contributed by atoms with Gasteiger partial charge in [0, 0.05) is 30.7 Å². The summed E-state index contributed by atoms with van der Waals surface area (Å²) in [5.74, 6) is -0.458. The van der Waals surface area contributed by atoms with E-state index in [1.54, 1.807) is 55.0 Å². The molecular weight excluding hydrogens is 576 g/mol. The number of rotatable bonds is 7. The number of nitrogens with zero attached hydrogens (tertiary/aromatic N) is 4. The van der Waals surface area contributed by atoms with Crippen LogP contribution in [-0.2, 0) is 21.7 Å². The third kappa shape index (κ3) is 5.36. The Balaban J connectivity index is 1.49. The molecule has 39 heavy (non-hydrogen) atoms. The molecule has 0 spiro atoms. The van der Waals surface area contributed by atoms with Gasteiger partial charge in [-0.3, -0.25) is 4.99 Å². The van der Waals surface area contributed by atoms with Crippen molar-refractivity contribution in [3.8, 4) is 0 Å². The van der Waals surface area contributed by atoms with E-state index in [1.165, 1.54) is 22.7 Å². The molecule has 1 aliphatic rings. The van der Waals surface area contributed by atoms with Crippen LogP contribution in [0.25, 0.3) is 10.8 Å². The quantitative estimate of drug-likeness (QED) is 0.304. The van der Waals surface area contributed by atoms with Gasteiger partial charge in [0.2, 0.25) is 5.00 Å². The Kier molecular flexibility index (Phi) is 8.10. The fourth-order valence-corrected chi connectivity index (χ4v) is 8.68. The molecule has 5 rings (SSSR count). The summed E-state index contributed by atoms with van der Waals surface area (Å²) in [4.78, 5) is 23.6. The van der Waals surface area contributed by atoms with Crippen LogP contribution in [0.2, 0.25) is 5.02 Å². The number of amides is 1. The largest absolute Gasteiger partial charge is 0.379 e. The molecular formula is C27H30ClN4O4S3+. The maximum Gasteiger partial charge on any atom is 0.320 e. The second-order valence-electron chi connectivity index (χ2n) is 9.72. The van der Waals surface area contributed by atoms with Gasteiger partial charge in [-0.25, -0.2) is 22.7 Å². The van der Waals surface area contributed by atoms with Crippen LogP contribution in [0, 0.1) is 0 Å². The van der Waals surface area contributed by atoms with Crippen molar-refractivity contribution in [3.05, 3.63) is 68.5 Å². The highest BCUT2D eigenvalue weighted by Gasteiger charge is 2.46. The maximum absolute atomic E-state index is 14.1. The van der Waals surface area contributed by atoms with Gasteiger partial charge < -0.3 is 9.67 Å². The zero-order valence-electron chi connectivity index (χ0n) is 21.7. The molecule has 1 saturated heterocycles. The fourth-order valence-electron chi connectivity index (χ4n) is 5.30. The molecule has 3 heterocycles. The molecule has 12 heteroatoms. The predicted molar refractivity (Wildman–Crippen MR) is 157 cm³/mol. The number of piperidine rings is 1. The van der Waals surface area contributed by atoms with E-state index in [9.17, 15) is 18.3 Å². The molecule has 2 aromatic heterocycles. The third-order valence-corrected chi connectivity index (χ3v) is 11.5. The molecule has 1 fully saturated rings. The van der Waals surface area contributed by atoms with Gasteiger partial charge >= 0.3 is 5.91 Å². The summed E-state index contributed by atoms with van der Waals surface area (Å²) >= 11 is 8.80. The number of benzene rings is 2. The molecule has 1 aliphatic heterocycles. The number of sulfone groups is 1. The lowest BCUT2D eigenvalue weighted by Crippen LogP contribution is -2.57. The number of quaternary nitrogens is 1. The van der Waals surface area contributed by atoms with Crippen molar-refractivity contribution in [1.29, 1.82) is 0 Å². The number of aromatic nitrogens is 2. The van der Waals surface area contributed by atoms with Crippen LogP contribution in [0.5, 0.6) is 0 Å². The zero-order chi connectivity index (χ0) is 27.8. The molecule has 1 atom stereocenters. The molecule has 0 radical (unpaired) electrons. The predicted octanol–water partition coefficient (Wildman–Crippen LogP) is 4.84. The van der Waals surface area contributed by atoms with E-state index >= 15 is 0 Å². The lowest BCUT2D eigenvalue weighted by atomic mass is 10.1. The highest BCUT2D eigenvalue weighted by atomic mass is 35.5. The summed E-state index contributed by atoms with van der Waals surface area (Å²) in [7, 11) is -0.204. The van der Waals surface area contributed by atoms with Crippen LogP contribution in [0.4, 0.5) is 5.00 Å². The number of carbonyl (C=O) groups excluding carboxylic acids is 1. The minimum absolute atomic E-state index is 0.0114. The Bertz CT molecular complexity index is 1690. The summed E-state index contributed by atoms with van der Waals surface area (Å²) in [5, 5.41) is 16.6. The van der Waals surface area contributed by atoms with Gasteiger partial charge in [0.25, 0.3) is 0 Å². The first-order valence-corrected chi connectivity index (χ1v) is 16.4. The lowest BCUT2D eigenvalue weighted by molar-refractivity contribution is -0.130. The molecule has 206 valence electrons. The van der Waals surface area contributed by atoms with Gasteiger partial charge in [-0.15, -0.1) is 11.3 Å². The van der Waals surface area contributed by atoms with Gasteiger partial charge in [-0.1, -0.05) is 23.7 Å². The number of hydrogen-bond acceptors (Lipinski definition) is 8. The van der Waals surface area contributed by atoms with Crippen LogP contribution in [0.3, 0.4) is 0 Å². The van der Waals surface area contributed by atoms with Crippen LogP contribution in [-0.4, -0.2) is 54.9 Å². The molecule has 1 unspecified atom stereocenters. The lowest BCUT2D eigenvalue weighted by Gasteiger charge is -2.38. The normalized spacial score (nSPS) is 17.0. The number of halogens is 1. The van der Waals surface area contributed by atoms with E-state index in [1.807, 2.05) is 11.6 Å². The Morgan fingerprint density at radius 1 is 1.18 bits per heavy atom. The first-order chi connectivity index (χ1) is 18.7. The Labute approximate surface area is 240 Å².